The van der Waals surface area contributed by atoms with E-state index in [2.05, 4.69) is 13.8 Å². The summed E-state index contributed by atoms with van der Waals surface area (Å²) in [6.07, 6.45) is 3.77. The Morgan fingerprint density at radius 3 is 2.21 bits per heavy atom. The first kappa shape index (κ1) is 15.5. The predicted molar refractivity (Wildman–Crippen MR) is 79.6 cm³/mol. The van der Waals surface area contributed by atoms with E-state index in [1.54, 1.807) is 0 Å². The van der Waals surface area contributed by atoms with Gasteiger partial charge >= 0.3 is 5.97 Å². The lowest BCUT2D eigenvalue weighted by atomic mass is 9.97. The van der Waals surface area contributed by atoms with Gasteiger partial charge in [-0.1, -0.05) is 50.3 Å². The van der Waals surface area contributed by atoms with Gasteiger partial charge in [0.25, 0.3) is 0 Å². The Hall–Kier alpha value is -1.57. The standard InChI is InChI=1S/C17H24O2/c1-13(2)15(19-16(18)17(3,4)5)12-11-14-9-7-6-8-10-14/h6-13,15H,1-5H3/b12-11+. The van der Waals surface area contributed by atoms with E-state index in [-0.39, 0.29) is 18.0 Å². The number of rotatable bonds is 4. The third-order valence-corrected chi connectivity index (χ3v) is 2.79. The van der Waals surface area contributed by atoms with Crippen molar-refractivity contribution in [1.29, 1.82) is 0 Å². The fourth-order valence-corrected chi connectivity index (χ4v) is 1.47. The summed E-state index contributed by atoms with van der Waals surface area (Å²) in [5.74, 6) is 0.0928. The van der Waals surface area contributed by atoms with Crippen LogP contribution >= 0.6 is 0 Å². The lowest BCUT2D eigenvalue weighted by Crippen LogP contribution is -2.29. The molecule has 104 valence electrons. The van der Waals surface area contributed by atoms with Gasteiger partial charge in [-0.25, -0.2) is 0 Å². The van der Waals surface area contributed by atoms with E-state index in [9.17, 15) is 4.79 Å². The molecule has 0 bridgehead atoms. The highest BCUT2D eigenvalue weighted by atomic mass is 16.5. The highest BCUT2D eigenvalue weighted by Crippen LogP contribution is 2.20. The van der Waals surface area contributed by atoms with Crippen molar-refractivity contribution >= 4 is 12.0 Å². The molecule has 0 aromatic heterocycles. The molecule has 2 heteroatoms. The second-order valence-electron chi connectivity index (χ2n) is 6.13. The summed E-state index contributed by atoms with van der Waals surface area (Å²) in [5.41, 5.74) is 0.647. The van der Waals surface area contributed by atoms with E-state index in [1.165, 1.54) is 0 Å². The normalized spacial score (nSPS) is 13.8. The van der Waals surface area contributed by atoms with Gasteiger partial charge < -0.3 is 4.74 Å². The molecule has 0 fully saturated rings. The Labute approximate surface area is 116 Å². The van der Waals surface area contributed by atoms with Crippen LogP contribution < -0.4 is 0 Å². The van der Waals surface area contributed by atoms with Gasteiger partial charge in [0.15, 0.2) is 0 Å². The largest absolute Gasteiger partial charge is 0.457 e. The molecular weight excluding hydrogens is 236 g/mol. The molecule has 1 rings (SSSR count). The molecule has 0 saturated carbocycles. The SMILES string of the molecule is CC(C)C(/C=C/c1ccccc1)OC(=O)C(C)(C)C. The second-order valence-corrected chi connectivity index (χ2v) is 6.13. The summed E-state index contributed by atoms with van der Waals surface area (Å²) in [5, 5.41) is 0. The molecule has 0 saturated heterocycles. The molecule has 1 aromatic rings. The van der Waals surface area contributed by atoms with E-state index in [4.69, 9.17) is 4.74 Å². The molecule has 1 aromatic carbocycles. The number of ether oxygens (including phenoxy) is 1. The van der Waals surface area contributed by atoms with Gasteiger partial charge in [0.05, 0.1) is 5.41 Å². The van der Waals surface area contributed by atoms with Crippen molar-refractivity contribution < 1.29 is 9.53 Å². The van der Waals surface area contributed by atoms with Gasteiger partial charge in [0.2, 0.25) is 0 Å². The molecule has 0 heterocycles. The molecule has 0 N–H and O–H groups in total. The van der Waals surface area contributed by atoms with E-state index in [1.807, 2.05) is 63.3 Å². The first-order valence-electron chi connectivity index (χ1n) is 6.75. The maximum absolute atomic E-state index is 11.9. The summed E-state index contributed by atoms with van der Waals surface area (Å²) in [6.45, 7) is 9.71. The van der Waals surface area contributed by atoms with Crippen LogP contribution in [0.5, 0.6) is 0 Å². The minimum Gasteiger partial charge on any atom is -0.457 e. The van der Waals surface area contributed by atoms with Crippen LogP contribution in [0.25, 0.3) is 6.08 Å². The molecule has 0 radical (unpaired) electrons. The number of benzene rings is 1. The predicted octanol–water partition coefficient (Wildman–Crippen LogP) is 4.31. The van der Waals surface area contributed by atoms with Crippen LogP contribution in [0.2, 0.25) is 0 Å². The minimum absolute atomic E-state index is 0.163. The Balaban J connectivity index is 2.74. The van der Waals surface area contributed by atoms with Crippen LogP contribution in [0.15, 0.2) is 36.4 Å². The zero-order chi connectivity index (χ0) is 14.5. The van der Waals surface area contributed by atoms with Crippen LogP contribution in [0, 0.1) is 11.3 Å². The average Bonchev–Trinajstić information content (AvgIpc) is 2.33. The van der Waals surface area contributed by atoms with E-state index >= 15 is 0 Å². The molecule has 0 aliphatic rings. The minimum atomic E-state index is -0.465. The zero-order valence-corrected chi connectivity index (χ0v) is 12.5. The van der Waals surface area contributed by atoms with Gasteiger partial charge in [-0.2, -0.15) is 0 Å². The van der Waals surface area contributed by atoms with Gasteiger partial charge in [-0.3, -0.25) is 4.79 Å². The average molecular weight is 260 g/mol. The molecule has 1 atom stereocenters. The van der Waals surface area contributed by atoms with Gasteiger partial charge in [-0.15, -0.1) is 0 Å². The maximum atomic E-state index is 11.9. The lowest BCUT2D eigenvalue weighted by Gasteiger charge is -2.23. The molecule has 19 heavy (non-hydrogen) atoms. The molecular formula is C17H24O2. The van der Waals surface area contributed by atoms with Gasteiger partial charge in [-0.05, 0) is 38.3 Å². The second kappa shape index (κ2) is 6.55. The van der Waals surface area contributed by atoms with Crippen molar-refractivity contribution in [2.24, 2.45) is 11.3 Å². The van der Waals surface area contributed by atoms with Gasteiger partial charge in [0, 0.05) is 0 Å². The van der Waals surface area contributed by atoms with Crippen molar-refractivity contribution in [3.05, 3.63) is 42.0 Å². The number of hydrogen-bond donors (Lipinski definition) is 0. The van der Waals surface area contributed by atoms with Crippen LogP contribution in [0.1, 0.15) is 40.2 Å². The van der Waals surface area contributed by atoms with Crippen LogP contribution in [-0.2, 0) is 9.53 Å². The summed E-state index contributed by atoms with van der Waals surface area (Å²) in [4.78, 5) is 11.9. The topological polar surface area (TPSA) is 26.3 Å². The fraction of sp³-hybridized carbons (Fsp3) is 0.471. The monoisotopic (exact) mass is 260 g/mol. The van der Waals surface area contributed by atoms with E-state index in [0.29, 0.717) is 0 Å². The summed E-state index contributed by atoms with van der Waals surface area (Å²) in [6, 6.07) is 10.0. The van der Waals surface area contributed by atoms with Crippen molar-refractivity contribution in [3.63, 3.8) is 0 Å². The van der Waals surface area contributed by atoms with E-state index < -0.39 is 5.41 Å². The van der Waals surface area contributed by atoms with Crippen LogP contribution in [-0.4, -0.2) is 12.1 Å². The third kappa shape index (κ3) is 5.29. The molecule has 1 unspecified atom stereocenters. The van der Waals surface area contributed by atoms with Crippen molar-refractivity contribution in [2.45, 2.75) is 40.7 Å². The summed E-state index contributed by atoms with van der Waals surface area (Å²) < 4.78 is 5.57. The first-order chi connectivity index (χ1) is 8.80. The Morgan fingerprint density at radius 2 is 1.74 bits per heavy atom. The molecule has 0 spiro atoms. The van der Waals surface area contributed by atoms with E-state index in [0.717, 1.165) is 5.56 Å². The smallest absolute Gasteiger partial charge is 0.311 e. The quantitative estimate of drug-likeness (QED) is 0.754. The molecule has 0 aliphatic heterocycles. The number of carbonyl (C=O) groups excluding carboxylic acids is 1. The van der Waals surface area contributed by atoms with Crippen molar-refractivity contribution in [3.8, 4) is 0 Å². The lowest BCUT2D eigenvalue weighted by molar-refractivity contribution is -0.158. The highest BCUT2D eigenvalue weighted by molar-refractivity contribution is 5.75. The molecule has 2 nitrogen and oxygen atoms in total. The van der Waals surface area contributed by atoms with Crippen molar-refractivity contribution in [2.75, 3.05) is 0 Å². The number of esters is 1. The van der Waals surface area contributed by atoms with Crippen LogP contribution in [0.4, 0.5) is 0 Å². The summed E-state index contributed by atoms with van der Waals surface area (Å²) >= 11 is 0. The van der Waals surface area contributed by atoms with Crippen molar-refractivity contribution in [1.82, 2.24) is 0 Å². The molecule has 0 amide bonds. The fourth-order valence-electron chi connectivity index (χ4n) is 1.47. The number of carbonyl (C=O) groups is 1. The van der Waals surface area contributed by atoms with Gasteiger partial charge in [0.1, 0.15) is 6.10 Å². The number of hydrogen-bond acceptors (Lipinski definition) is 2. The third-order valence-electron chi connectivity index (χ3n) is 2.79. The Bertz CT molecular complexity index is 424. The Morgan fingerprint density at radius 1 is 1.16 bits per heavy atom. The Kier molecular flexibility index (Phi) is 5.34. The van der Waals surface area contributed by atoms with Crippen LogP contribution in [0.3, 0.4) is 0 Å². The highest BCUT2D eigenvalue weighted by Gasteiger charge is 2.26. The first-order valence-corrected chi connectivity index (χ1v) is 6.75. The maximum Gasteiger partial charge on any atom is 0.311 e. The zero-order valence-electron chi connectivity index (χ0n) is 12.5. The summed E-state index contributed by atoms with van der Waals surface area (Å²) in [7, 11) is 0. The molecule has 0 aliphatic carbocycles.